The van der Waals surface area contributed by atoms with Crippen LogP contribution in [0.4, 0.5) is 0 Å². The molecule has 1 saturated carbocycles. The normalized spacial score (nSPS) is 25.7. The second-order valence-corrected chi connectivity index (χ2v) is 14.1. The van der Waals surface area contributed by atoms with Crippen LogP contribution in [0.3, 0.4) is 0 Å². The van der Waals surface area contributed by atoms with Gasteiger partial charge in [-0.25, -0.2) is 8.42 Å². The number of amides is 2. The molecule has 2 aromatic rings. The van der Waals surface area contributed by atoms with Crippen molar-refractivity contribution in [3.05, 3.63) is 64.0 Å². The molecule has 1 aromatic carbocycles. The average Bonchev–Trinajstić information content (AvgIpc) is 3.14. The molecule has 10 heteroatoms. The maximum absolute atomic E-state index is 13.4. The van der Waals surface area contributed by atoms with Crippen LogP contribution in [0.25, 0.3) is 6.08 Å². The topological polar surface area (TPSA) is 87.9 Å². The highest BCUT2D eigenvalue weighted by atomic mass is 32.2. The number of thioether (sulfide) groups is 1. The minimum absolute atomic E-state index is 0.0493. The van der Waals surface area contributed by atoms with Crippen molar-refractivity contribution in [2.24, 2.45) is 5.92 Å². The van der Waals surface area contributed by atoms with E-state index in [1.807, 2.05) is 49.4 Å². The quantitative estimate of drug-likeness (QED) is 0.348. The summed E-state index contributed by atoms with van der Waals surface area (Å²) < 4.78 is 30.8. The molecule has 0 spiro atoms. The van der Waals surface area contributed by atoms with Gasteiger partial charge in [0, 0.05) is 24.9 Å². The fourth-order valence-corrected chi connectivity index (χ4v) is 7.90. The Labute approximate surface area is 227 Å². The highest BCUT2D eigenvalue weighted by Crippen LogP contribution is 2.47. The van der Waals surface area contributed by atoms with Crippen LogP contribution in [0.2, 0.25) is 0 Å². The molecule has 3 atom stereocenters. The Kier molecular flexibility index (Phi) is 7.35. The van der Waals surface area contributed by atoms with E-state index in [2.05, 4.69) is 6.92 Å². The summed E-state index contributed by atoms with van der Waals surface area (Å²) in [6.45, 7) is 4.54. The molecule has 37 heavy (non-hydrogen) atoms. The highest BCUT2D eigenvalue weighted by Gasteiger charge is 2.39. The summed E-state index contributed by atoms with van der Waals surface area (Å²) in [6, 6.07) is 11.3. The summed E-state index contributed by atoms with van der Waals surface area (Å²) in [5, 5.41) is 0. The van der Waals surface area contributed by atoms with E-state index in [0.29, 0.717) is 33.2 Å². The summed E-state index contributed by atoms with van der Waals surface area (Å²) in [4.78, 5) is 30.0. The number of furan rings is 1. The smallest absolute Gasteiger partial charge is 0.266 e. The van der Waals surface area contributed by atoms with Crippen molar-refractivity contribution >= 4 is 56.0 Å². The Balaban J connectivity index is 1.26. The lowest BCUT2D eigenvalue weighted by Crippen LogP contribution is -2.42. The van der Waals surface area contributed by atoms with Crippen LogP contribution < -0.4 is 0 Å². The monoisotopic (exact) mass is 558 g/mol. The molecule has 196 valence electrons. The first-order chi connectivity index (χ1) is 17.6. The van der Waals surface area contributed by atoms with Crippen molar-refractivity contribution in [2.75, 3.05) is 18.1 Å². The molecule has 3 heterocycles. The van der Waals surface area contributed by atoms with Gasteiger partial charge >= 0.3 is 0 Å². The fourth-order valence-electron chi connectivity index (χ4n) is 4.87. The summed E-state index contributed by atoms with van der Waals surface area (Å²) in [5.74, 6) is 2.19. The number of sulfone groups is 1. The Hall–Kier alpha value is -2.43. The van der Waals surface area contributed by atoms with Gasteiger partial charge in [-0.2, -0.15) is 0 Å². The largest absolute Gasteiger partial charge is 0.464 e. The van der Waals surface area contributed by atoms with Gasteiger partial charge in [0.05, 0.1) is 23.0 Å². The van der Waals surface area contributed by atoms with E-state index in [1.54, 1.807) is 4.90 Å². The molecule has 2 aliphatic heterocycles. The number of thiocarbonyl (C=S) groups is 1. The Morgan fingerprint density at radius 2 is 1.97 bits per heavy atom. The van der Waals surface area contributed by atoms with Crippen molar-refractivity contribution in [3.8, 4) is 0 Å². The Morgan fingerprint density at radius 1 is 1.24 bits per heavy atom. The minimum Gasteiger partial charge on any atom is -0.464 e. The summed E-state index contributed by atoms with van der Waals surface area (Å²) in [7, 11) is -3.18. The van der Waals surface area contributed by atoms with E-state index in [-0.39, 0.29) is 42.8 Å². The molecule has 3 fully saturated rings. The van der Waals surface area contributed by atoms with Gasteiger partial charge in [0.2, 0.25) is 5.91 Å². The van der Waals surface area contributed by atoms with Gasteiger partial charge in [0.1, 0.15) is 15.8 Å². The van der Waals surface area contributed by atoms with Gasteiger partial charge < -0.3 is 9.32 Å². The Morgan fingerprint density at radius 3 is 2.62 bits per heavy atom. The minimum atomic E-state index is -3.18. The number of carbonyl (C=O) groups excluding carboxylic acids is 2. The third-order valence-corrected chi connectivity index (χ3v) is 10.4. The van der Waals surface area contributed by atoms with Gasteiger partial charge in [-0.15, -0.1) is 0 Å². The zero-order valence-electron chi connectivity index (χ0n) is 20.9. The second-order valence-electron chi connectivity index (χ2n) is 10.2. The van der Waals surface area contributed by atoms with Gasteiger partial charge in [-0.05, 0) is 49.5 Å². The van der Waals surface area contributed by atoms with E-state index < -0.39 is 15.9 Å². The standard InChI is InChI=1S/C27H30N2O5S3/c1-17-3-5-19(6-4-17)14-24-26(31)28(27(35)36-24)11-9-25(30)29(20-10-12-37(32,33)16-20)15-21-7-8-23(34-21)22-13-18(22)2/h3-8,14,18,20,22H,9-13,15-16H2,1-2H3/b24-14-. The molecule has 1 aromatic heterocycles. The summed E-state index contributed by atoms with van der Waals surface area (Å²) in [6.07, 6.45) is 3.36. The highest BCUT2D eigenvalue weighted by molar-refractivity contribution is 8.26. The molecule has 0 N–H and O–H groups in total. The van der Waals surface area contributed by atoms with Crippen LogP contribution in [0.15, 0.2) is 45.7 Å². The number of aryl methyl sites for hydroxylation is 1. The second kappa shape index (κ2) is 10.4. The molecule has 5 rings (SSSR count). The number of nitrogens with zero attached hydrogens (tertiary/aromatic N) is 2. The number of hydrogen-bond acceptors (Lipinski definition) is 7. The maximum Gasteiger partial charge on any atom is 0.266 e. The maximum atomic E-state index is 13.4. The van der Waals surface area contributed by atoms with Gasteiger partial charge in [0.25, 0.3) is 5.91 Å². The lowest BCUT2D eigenvalue weighted by molar-refractivity contribution is -0.134. The number of rotatable bonds is 8. The Bertz CT molecular complexity index is 1360. The van der Waals surface area contributed by atoms with Crippen LogP contribution in [0, 0.1) is 12.8 Å². The van der Waals surface area contributed by atoms with E-state index in [0.717, 1.165) is 23.3 Å². The molecule has 2 saturated heterocycles. The summed E-state index contributed by atoms with van der Waals surface area (Å²) >= 11 is 6.67. The zero-order chi connectivity index (χ0) is 26.3. The van der Waals surface area contributed by atoms with Crippen LogP contribution in [0.1, 0.15) is 54.8 Å². The molecule has 0 bridgehead atoms. The molecule has 1 aliphatic carbocycles. The van der Waals surface area contributed by atoms with Crippen LogP contribution in [0.5, 0.6) is 0 Å². The first-order valence-corrected chi connectivity index (χ1v) is 15.5. The molecule has 0 radical (unpaired) electrons. The molecule has 2 amide bonds. The van der Waals surface area contributed by atoms with Gasteiger partial charge in [-0.1, -0.05) is 60.7 Å². The lowest BCUT2D eigenvalue weighted by Gasteiger charge is -2.28. The van der Waals surface area contributed by atoms with E-state index >= 15 is 0 Å². The molecule has 3 aliphatic rings. The van der Waals surface area contributed by atoms with Crippen molar-refractivity contribution in [1.29, 1.82) is 0 Å². The lowest BCUT2D eigenvalue weighted by atomic mass is 10.1. The molecule has 3 unspecified atom stereocenters. The van der Waals surface area contributed by atoms with Crippen LogP contribution in [-0.4, -0.2) is 58.4 Å². The first kappa shape index (κ1) is 26.2. The predicted octanol–water partition coefficient (Wildman–Crippen LogP) is 4.52. The SMILES string of the molecule is Cc1ccc(/C=C2\SC(=S)N(CCC(=O)N(Cc3ccc(C4CC4C)o3)C3CCS(=O)(=O)C3)C2=O)cc1. The van der Waals surface area contributed by atoms with E-state index in [1.165, 1.54) is 16.7 Å². The molecular weight excluding hydrogens is 529 g/mol. The van der Waals surface area contributed by atoms with Crippen LogP contribution >= 0.6 is 24.0 Å². The van der Waals surface area contributed by atoms with Gasteiger partial charge in [0.15, 0.2) is 9.84 Å². The van der Waals surface area contributed by atoms with E-state index in [4.69, 9.17) is 16.6 Å². The van der Waals surface area contributed by atoms with Crippen molar-refractivity contribution < 1.29 is 22.4 Å². The predicted molar refractivity (Wildman–Crippen MR) is 149 cm³/mol. The zero-order valence-corrected chi connectivity index (χ0v) is 23.3. The third-order valence-electron chi connectivity index (χ3n) is 7.25. The van der Waals surface area contributed by atoms with Gasteiger partial charge in [-0.3, -0.25) is 14.5 Å². The number of carbonyl (C=O) groups is 2. The summed E-state index contributed by atoms with van der Waals surface area (Å²) in [5.41, 5.74) is 2.05. The fraction of sp³-hybridized carbons (Fsp3) is 0.444. The van der Waals surface area contributed by atoms with Crippen LogP contribution in [-0.2, 0) is 26.0 Å². The van der Waals surface area contributed by atoms with Crippen molar-refractivity contribution in [1.82, 2.24) is 9.80 Å². The first-order valence-electron chi connectivity index (χ1n) is 12.5. The van der Waals surface area contributed by atoms with Crippen molar-refractivity contribution in [2.45, 2.75) is 51.6 Å². The third kappa shape index (κ3) is 6.02. The average molecular weight is 559 g/mol. The molecular formula is C27H30N2O5S3. The molecule has 7 nitrogen and oxygen atoms in total. The number of benzene rings is 1. The van der Waals surface area contributed by atoms with Crippen molar-refractivity contribution in [3.63, 3.8) is 0 Å². The van der Waals surface area contributed by atoms with E-state index in [9.17, 15) is 18.0 Å². The number of hydrogen-bond donors (Lipinski definition) is 0.